The van der Waals surface area contributed by atoms with E-state index in [0.29, 0.717) is 5.70 Å². The Morgan fingerprint density at radius 2 is 2.12 bits per heavy atom. The molecule has 88 valence electrons. The van der Waals surface area contributed by atoms with Crippen LogP contribution < -0.4 is 34.9 Å². The summed E-state index contributed by atoms with van der Waals surface area (Å²) in [5, 5.41) is 19.8. The van der Waals surface area contributed by atoms with Gasteiger partial charge >= 0.3 is 41.5 Å². The van der Waals surface area contributed by atoms with Gasteiger partial charge in [0.25, 0.3) is 0 Å². The van der Waals surface area contributed by atoms with Crippen molar-refractivity contribution in [3.63, 3.8) is 0 Å². The van der Waals surface area contributed by atoms with Gasteiger partial charge in [0, 0.05) is 11.8 Å². The molecule has 0 radical (unpaired) electrons. The standard InChI is InChI=1S/C9H15NO5.Na.H/c1-3-15-8(12)4-6(2)10-7(5-11)9(13)14;;/h4,7,10-11H,3,5H2,1-2H3,(H,13,14);;/q;+1;-1/t7-;;/m0../s1. The molecule has 0 aliphatic carbocycles. The molecular weight excluding hydrogens is 225 g/mol. The number of carbonyl (C=O) groups is 2. The predicted octanol–water partition coefficient (Wildman–Crippen LogP) is -3.40. The molecule has 0 spiro atoms. The predicted molar refractivity (Wildman–Crippen MR) is 53.1 cm³/mol. The van der Waals surface area contributed by atoms with Crippen molar-refractivity contribution in [2.45, 2.75) is 19.9 Å². The fraction of sp³-hybridized carbons (Fsp3) is 0.556. The first-order chi connectivity index (χ1) is 7.01. The molecule has 0 aromatic heterocycles. The van der Waals surface area contributed by atoms with Crippen molar-refractivity contribution in [2.24, 2.45) is 0 Å². The van der Waals surface area contributed by atoms with Crippen molar-refractivity contribution < 1.29 is 55.5 Å². The zero-order valence-electron chi connectivity index (χ0n) is 10.7. The van der Waals surface area contributed by atoms with Crippen molar-refractivity contribution in [2.75, 3.05) is 13.2 Å². The average molecular weight is 241 g/mol. The van der Waals surface area contributed by atoms with Gasteiger partial charge in [-0.1, -0.05) is 0 Å². The van der Waals surface area contributed by atoms with Crippen LogP contribution in [0.4, 0.5) is 0 Å². The minimum absolute atomic E-state index is 0. The molecule has 0 fully saturated rings. The number of aliphatic carboxylic acids is 1. The second kappa shape index (κ2) is 9.65. The second-order valence-electron chi connectivity index (χ2n) is 2.80. The van der Waals surface area contributed by atoms with Crippen molar-refractivity contribution in [1.82, 2.24) is 5.32 Å². The molecule has 3 N–H and O–H groups in total. The van der Waals surface area contributed by atoms with Crippen molar-refractivity contribution in [3.05, 3.63) is 11.8 Å². The Morgan fingerprint density at radius 3 is 2.50 bits per heavy atom. The molecule has 0 bridgehead atoms. The third-order valence-corrected chi connectivity index (χ3v) is 1.50. The van der Waals surface area contributed by atoms with Gasteiger partial charge in [-0.3, -0.25) is 0 Å². The number of carboxylic acids is 1. The fourth-order valence-electron chi connectivity index (χ4n) is 0.863. The summed E-state index contributed by atoms with van der Waals surface area (Å²) < 4.78 is 4.62. The number of aliphatic hydroxyl groups is 1. The van der Waals surface area contributed by atoms with Crippen molar-refractivity contribution in [3.8, 4) is 0 Å². The third kappa shape index (κ3) is 7.70. The molecule has 16 heavy (non-hydrogen) atoms. The Bertz CT molecular complexity index is 272. The number of aliphatic hydroxyl groups excluding tert-OH is 1. The number of carbonyl (C=O) groups excluding carboxylic acids is 1. The maximum Gasteiger partial charge on any atom is 1.00 e. The van der Waals surface area contributed by atoms with Crippen LogP contribution in [-0.4, -0.2) is 41.4 Å². The van der Waals surface area contributed by atoms with Gasteiger partial charge in [0.15, 0.2) is 0 Å². The van der Waals surface area contributed by atoms with Crippen LogP contribution in [0, 0.1) is 0 Å². The summed E-state index contributed by atoms with van der Waals surface area (Å²) in [4.78, 5) is 21.5. The quantitative estimate of drug-likeness (QED) is 0.255. The smallest absolute Gasteiger partial charge is 1.00 e. The van der Waals surface area contributed by atoms with Crippen LogP contribution in [0.5, 0.6) is 0 Å². The number of hydrogen-bond donors (Lipinski definition) is 3. The molecule has 0 aromatic rings. The summed E-state index contributed by atoms with van der Waals surface area (Å²) in [7, 11) is 0. The Hall–Kier alpha value is -0.560. The first-order valence-corrected chi connectivity index (χ1v) is 4.46. The third-order valence-electron chi connectivity index (χ3n) is 1.50. The largest absolute Gasteiger partial charge is 1.00 e. The molecule has 0 saturated carbocycles. The normalized spacial score (nSPS) is 12.3. The summed E-state index contributed by atoms with van der Waals surface area (Å²) in [5.41, 5.74) is 0.329. The zero-order valence-corrected chi connectivity index (χ0v) is 11.7. The zero-order chi connectivity index (χ0) is 11.8. The minimum atomic E-state index is -1.19. The van der Waals surface area contributed by atoms with E-state index in [-0.39, 0.29) is 37.6 Å². The maximum atomic E-state index is 10.9. The number of nitrogens with one attached hydrogen (secondary N) is 1. The second-order valence-corrected chi connectivity index (χ2v) is 2.80. The van der Waals surface area contributed by atoms with Gasteiger partial charge < -0.3 is 21.7 Å². The van der Waals surface area contributed by atoms with Gasteiger partial charge in [-0.2, -0.15) is 0 Å². The Morgan fingerprint density at radius 1 is 1.56 bits per heavy atom. The minimum Gasteiger partial charge on any atom is -1.00 e. The van der Waals surface area contributed by atoms with E-state index in [1.165, 1.54) is 6.92 Å². The van der Waals surface area contributed by atoms with E-state index < -0.39 is 24.6 Å². The van der Waals surface area contributed by atoms with Crippen LogP contribution in [0.1, 0.15) is 15.3 Å². The van der Waals surface area contributed by atoms with Crippen LogP contribution in [0.25, 0.3) is 0 Å². The topological polar surface area (TPSA) is 95.9 Å². The van der Waals surface area contributed by atoms with Crippen LogP contribution in [0.2, 0.25) is 0 Å². The summed E-state index contributed by atoms with van der Waals surface area (Å²) in [6.45, 7) is 2.89. The SMILES string of the molecule is CCOC(=O)C=C(C)N[C@@H](CO)C(=O)O.[H-].[Na+]. The number of ether oxygens (including phenoxy) is 1. The first-order valence-electron chi connectivity index (χ1n) is 4.46. The molecular formula is C9H16NNaO5. The maximum absolute atomic E-state index is 10.9. The molecule has 1 atom stereocenters. The molecule has 0 aliphatic heterocycles. The number of carboxylic acid groups (broad SMARTS) is 1. The average Bonchev–Trinajstić information content (AvgIpc) is 2.13. The molecule has 0 heterocycles. The van der Waals surface area contributed by atoms with Crippen LogP contribution in [0.15, 0.2) is 11.8 Å². The first kappa shape index (κ1) is 17.8. The number of esters is 1. The van der Waals surface area contributed by atoms with E-state index in [0.717, 1.165) is 6.08 Å². The van der Waals surface area contributed by atoms with E-state index in [1.807, 2.05) is 0 Å². The molecule has 0 unspecified atom stereocenters. The van der Waals surface area contributed by atoms with Gasteiger partial charge in [-0.15, -0.1) is 0 Å². The molecule has 0 aromatic carbocycles. The molecule has 0 amide bonds. The molecule has 0 aliphatic rings. The number of allylic oxidation sites excluding steroid dienone is 1. The molecule has 6 nitrogen and oxygen atoms in total. The van der Waals surface area contributed by atoms with E-state index in [2.05, 4.69) is 10.1 Å². The van der Waals surface area contributed by atoms with Gasteiger partial charge in [-0.25, -0.2) is 9.59 Å². The summed E-state index contributed by atoms with van der Waals surface area (Å²) in [5.74, 6) is -1.74. The molecule has 7 heteroatoms. The van der Waals surface area contributed by atoms with Crippen molar-refractivity contribution >= 4 is 11.9 Å². The van der Waals surface area contributed by atoms with E-state index >= 15 is 0 Å². The van der Waals surface area contributed by atoms with E-state index in [4.69, 9.17) is 10.2 Å². The van der Waals surface area contributed by atoms with Gasteiger partial charge in [-0.05, 0) is 13.8 Å². The molecule has 0 rings (SSSR count). The Labute approximate surface area is 117 Å². The summed E-state index contributed by atoms with van der Waals surface area (Å²) >= 11 is 0. The fourth-order valence-corrected chi connectivity index (χ4v) is 0.863. The van der Waals surface area contributed by atoms with Crippen LogP contribution >= 0.6 is 0 Å². The van der Waals surface area contributed by atoms with Gasteiger partial charge in [0.05, 0.1) is 13.2 Å². The number of hydrogen-bond acceptors (Lipinski definition) is 5. The summed E-state index contributed by atoms with van der Waals surface area (Å²) in [6.07, 6.45) is 1.13. The van der Waals surface area contributed by atoms with Gasteiger partial charge in [0.1, 0.15) is 6.04 Å². The Balaban J connectivity index is -0.000000980. The summed E-state index contributed by atoms with van der Waals surface area (Å²) in [6, 6.07) is -1.12. The van der Waals surface area contributed by atoms with E-state index in [1.54, 1.807) is 6.92 Å². The number of rotatable bonds is 6. The van der Waals surface area contributed by atoms with E-state index in [9.17, 15) is 9.59 Å². The monoisotopic (exact) mass is 241 g/mol. The van der Waals surface area contributed by atoms with Crippen molar-refractivity contribution in [1.29, 1.82) is 0 Å². The Kier molecular flexibility index (Phi) is 10.8. The van der Waals surface area contributed by atoms with Crippen LogP contribution in [0.3, 0.4) is 0 Å². The van der Waals surface area contributed by atoms with Crippen LogP contribution in [-0.2, 0) is 14.3 Å². The molecule has 0 saturated heterocycles. The van der Waals surface area contributed by atoms with Gasteiger partial charge in [0.2, 0.25) is 0 Å².